The molecule has 1 saturated carbocycles. The van der Waals surface area contributed by atoms with Crippen LogP contribution in [-0.4, -0.2) is 17.0 Å². The Morgan fingerprint density at radius 1 is 1.38 bits per heavy atom. The van der Waals surface area contributed by atoms with Crippen molar-refractivity contribution in [1.82, 2.24) is 0 Å². The van der Waals surface area contributed by atoms with Crippen molar-refractivity contribution in [3.8, 4) is 0 Å². The Morgan fingerprint density at radius 2 is 2.05 bits per heavy atom. The molecule has 3 unspecified atom stereocenters. The first-order chi connectivity index (χ1) is 9.92. The van der Waals surface area contributed by atoms with Gasteiger partial charge in [-0.3, -0.25) is 9.59 Å². The average molecular weight is 314 g/mol. The Morgan fingerprint density at radius 3 is 2.62 bits per heavy atom. The summed E-state index contributed by atoms with van der Waals surface area (Å²) in [5.74, 6) is -2.82. The fourth-order valence-electron chi connectivity index (χ4n) is 2.86. The molecule has 0 radical (unpaired) electrons. The van der Waals surface area contributed by atoms with Gasteiger partial charge in [0.15, 0.2) is 0 Å². The van der Waals surface area contributed by atoms with Gasteiger partial charge in [0, 0.05) is 0 Å². The van der Waals surface area contributed by atoms with E-state index in [1.807, 2.05) is 6.92 Å². The minimum Gasteiger partial charge on any atom is -0.481 e. The Bertz CT molecular complexity index is 564. The second-order valence-corrected chi connectivity index (χ2v) is 5.82. The van der Waals surface area contributed by atoms with Gasteiger partial charge in [-0.05, 0) is 37.0 Å². The number of carboxylic acids is 1. The molecule has 1 amide bonds. The number of aliphatic carboxylic acids is 1. The zero-order valence-electron chi connectivity index (χ0n) is 11.6. The van der Waals surface area contributed by atoms with Crippen molar-refractivity contribution in [2.75, 3.05) is 5.32 Å². The third-order valence-electron chi connectivity index (χ3n) is 4.08. The maximum atomic E-state index is 13.0. The van der Waals surface area contributed by atoms with Crippen molar-refractivity contribution in [1.29, 1.82) is 0 Å². The van der Waals surface area contributed by atoms with Crippen LogP contribution >= 0.6 is 11.6 Å². The van der Waals surface area contributed by atoms with Gasteiger partial charge >= 0.3 is 5.97 Å². The molecule has 114 valence electrons. The molecule has 2 rings (SSSR count). The molecule has 6 heteroatoms. The fourth-order valence-corrected chi connectivity index (χ4v) is 3.07. The monoisotopic (exact) mass is 313 g/mol. The van der Waals surface area contributed by atoms with Gasteiger partial charge < -0.3 is 10.4 Å². The van der Waals surface area contributed by atoms with Crippen molar-refractivity contribution in [3.63, 3.8) is 0 Å². The lowest BCUT2D eigenvalue weighted by Gasteiger charge is -2.16. The van der Waals surface area contributed by atoms with E-state index in [2.05, 4.69) is 5.32 Å². The van der Waals surface area contributed by atoms with Crippen molar-refractivity contribution in [3.05, 3.63) is 29.0 Å². The van der Waals surface area contributed by atoms with Crippen LogP contribution < -0.4 is 5.32 Å². The van der Waals surface area contributed by atoms with Gasteiger partial charge in [-0.25, -0.2) is 4.39 Å². The highest BCUT2D eigenvalue weighted by atomic mass is 35.5. The number of rotatable bonds is 4. The van der Waals surface area contributed by atoms with Crippen LogP contribution in [-0.2, 0) is 9.59 Å². The Kier molecular flexibility index (Phi) is 4.83. The molecule has 0 aromatic heterocycles. The highest BCUT2D eigenvalue weighted by Gasteiger charge is 2.42. The normalized spacial score (nSPS) is 24.8. The number of benzene rings is 1. The number of carbonyl (C=O) groups excluding carboxylic acids is 1. The fraction of sp³-hybridized carbons (Fsp3) is 0.467. The smallest absolute Gasteiger partial charge is 0.307 e. The number of halogens is 2. The van der Waals surface area contributed by atoms with Crippen molar-refractivity contribution >= 4 is 29.2 Å². The van der Waals surface area contributed by atoms with E-state index in [1.54, 1.807) is 0 Å². The van der Waals surface area contributed by atoms with Crippen LogP contribution in [0.1, 0.15) is 26.2 Å². The number of anilines is 1. The number of nitrogens with one attached hydrogen (secondary N) is 1. The zero-order valence-corrected chi connectivity index (χ0v) is 12.4. The van der Waals surface area contributed by atoms with Crippen LogP contribution in [0.2, 0.25) is 5.02 Å². The van der Waals surface area contributed by atoms with Gasteiger partial charge in [0.1, 0.15) is 5.82 Å². The van der Waals surface area contributed by atoms with Crippen molar-refractivity contribution in [2.24, 2.45) is 17.8 Å². The molecule has 0 bridgehead atoms. The van der Waals surface area contributed by atoms with Crippen LogP contribution in [0.4, 0.5) is 10.1 Å². The Labute approximate surface area is 127 Å². The van der Waals surface area contributed by atoms with E-state index in [0.29, 0.717) is 18.5 Å². The van der Waals surface area contributed by atoms with E-state index in [-0.39, 0.29) is 16.8 Å². The summed E-state index contributed by atoms with van der Waals surface area (Å²) >= 11 is 5.86. The topological polar surface area (TPSA) is 66.4 Å². The molecular weight excluding hydrogens is 297 g/mol. The van der Waals surface area contributed by atoms with E-state index >= 15 is 0 Å². The number of hydrogen-bond acceptors (Lipinski definition) is 2. The molecule has 0 saturated heterocycles. The van der Waals surface area contributed by atoms with E-state index in [1.165, 1.54) is 12.1 Å². The predicted molar refractivity (Wildman–Crippen MR) is 77.7 cm³/mol. The molecule has 1 aliphatic carbocycles. The van der Waals surface area contributed by atoms with Crippen molar-refractivity contribution in [2.45, 2.75) is 26.2 Å². The molecule has 1 aromatic rings. The lowest BCUT2D eigenvalue weighted by Crippen LogP contribution is -2.30. The standard InChI is InChI=1S/C15H17ClFNO3/c1-2-8-5-10(11(6-8)15(20)21)14(19)18-13-4-3-9(17)7-12(13)16/h3-4,7-8,10-11H,2,5-6H2,1H3,(H,18,19)(H,20,21). The summed E-state index contributed by atoms with van der Waals surface area (Å²) in [6.45, 7) is 1.99. The number of amides is 1. The van der Waals surface area contributed by atoms with Crippen LogP contribution in [0.15, 0.2) is 18.2 Å². The van der Waals surface area contributed by atoms with Crippen LogP contribution in [0.3, 0.4) is 0 Å². The first-order valence-electron chi connectivity index (χ1n) is 6.91. The first-order valence-corrected chi connectivity index (χ1v) is 7.28. The van der Waals surface area contributed by atoms with E-state index in [0.717, 1.165) is 12.5 Å². The molecule has 0 heterocycles. The summed E-state index contributed by atoms with van der Waals surface area (Å²) in [5.41, 5.74) is 0.298. The van der Waals surface area contributed by atoms with Crippen LogP contribution in [0.5, 0.6) is 0 Å². The van der Waals surface area contributed by atoms with Gasteiger partial charge in [0.25, 0.3) is 0 Å². The molecule has 1 fully saturated rings. The largest absolute Gasteiger partial charge is 0.481 e. The maximum Gasteiger partial charge on any atom is 0.307 e. The zero-order chi connectivity index (χ0) is 15.6. The minimum absolute atomic E-state index is 0.0975. The number of carboxylic acid groups (broad SMARTS) is 1. The molecule has 2 N–H and O–H groups in total. The third-order valence-corrected chi connectivity index (χ3v) is 4.39. The van der Waals surface area contributed by atoms with Crippen LogP contribution in [0, 0.1) is 23.6 Å². The van der Waals surface area contributed by atoms with Gasteiger partial charge in [-0.1, -0.05) is 24.9 Å². The lowest BCUT2D eigenvalue weighted by atomic mass is 9.95. The lowest BCUT2D eigenvalue weighted by molar-refractivity contribution is -0.145. The molecule has 0 aliphatic heterocycles. The van der Waals surface area contributed by atoms with Gasteiger partial charge in [0.2, 0.25) is 5.91 Å². The second-order valence-electron chi connectivity index (χ2n) is 5.41. The summed E-state index contributed by atoms with van der Waals surface area (Å²) < 4.78 is 13.0. The predicted octanol–water partition coefficient (Wildman–Crippen LogP) is 3.55. The third kappa shape index (κ3) is 3.53. The Balaban J connectivity index is 2.13. The molecule has 0 spiro atoms. The van der Waals surface area contributed by atoms with E-state index in [9.17, 15) is 19.1 Å². The molecule has 3 atom stereocenters. The maximum absolute atomic E-state index is 13.0. The highest BCUT2D eigenvalue weighted by molar-refractivity contribution is 6.33. The molecular formula is C15H17ClFNO3. The number of carbonyl (C=O) groups is 2. The second kappa shape index (κ2) is 6.43. The summed E-state index contributed by atoms with van der Waals surface area (Å²) in [6.07, 6.45) is 1.92. The SMILES string of the molecule is CCC1CC(C(=O)O)C(C(=O)Nc2ccc(F)cc2Cl)C1. The van der Waals surface area contributed by atoms with Gasteiger partial charge in [0.05, 0.1) is 22.5 Å². The first kappa shape index (κ1) is 15.8. The Hall–Kier alpha value is -1.62. The summed E-state index contributed by atoms with van der Waals surface area (Å²) in [5, 5.41) is 12.0. The van der Waals surface area contributed by atoms with E-state index < -0.39 is 23.6 Å². The molecule has 1 aromatic carbocycles. The molecule has 1 aliphatic rings. The van der Waals surface area contributed by atoms with Crippen LogP contribution in [0.25, 0.3) is 0 Å². The number of hydrogen-bond donors (Lipinski definition) is 2. The van der Waals surface area contributed by atoms with Gasteiger partial charge in [-0.2, -0.15) is 0 Å². The molecule has 4 nitrogen and oxygen atoms in total. The quantitative estimate of drug-likeness (QED) is 0.893. The summed E-state index contributed by atoms with van der Waals surface area (Å²) in [7, 11) is 0. The molecule has 21 heavy (non-hydrogen) atoms. The minimum atomic E-state index is -0.948. The summed E-state index contributed by atoms with van der Waals surface area (Å²) in [4.78, 5) is 23.6. The van der Waals surface area contributed by atoms with E-state index in [4.69, 9.17) is 11.6 Å². The van der Waals surface area contributed by atoms with Crippen molar-refractivity contribution < 1.29 is 19.1 Å². The average Bonchev–Trinajstić information content (AvgIpc) is 2.86. The summed E-state index contributed by atoms with van der Waals surface area (Å²) in [6, 6.07) is 3.67. The van der Waals surface area contributed by atoms with Gasteiger partial charge in [-0.15, -0.1) is 0 Å². The highest BCUT2D eigenvalue weighted by Crippen LogP contribution is 2.39.